The first-order valence-corrected chi connectivity index (χ1v) is 8.49. The summed E-state index contributed by atoms with van der Waals surface area (Å²) >= 11 is 0. The Kier molecular flexibility index (Phi) is 9.18. The minimum absolute atomic E-state index is 0.160. The summed E-state index contributed by atoms with van der Waals surface area (Å²) in [6.07, 6.45) is 0.575. The number of nitrogens with two attached hydrogens (primary N) is 1. The van der Waals surface area contributed by atoms with Gasteiger partial charge in [-0.15, -0.1) is 0 Å². The smallest absolute Gasteiger partial charge is 0.326 e. The quantitative estimate of drug-likeness (QED) is 0.478. The molecule has 150 valence electrons. The lowest BCUT2D eigenvalue weighted by Gasteiger charge is -2.12. The molecule has 0 fully saturated rings. The summed E-state index contributed by atoms with van der Waals surface area (Å²) in [5.41, 5.74) is 7.01. The second-order valence-electron chi connectivity index (χ2n) is 6.10. The maximum absolute atomic E-state index is 10.8. The predicted octanol–water partition coefficient (Wildman–Crippen LogP) is 1.16. The van der Waals surface area contributed by atoms with Gasteiger partial charge in [-0.3, -0.25) is 9.59 Å². The average Bonchev–Trinajstić information content (AvgIpc) is 2.64. The highest BCUT2D eigenvalue weighted by atomic mass is 16.4. The molecule has 0 bridgehead atoms. The van der Waals surface area contributed by atoms with Crippen LogP contribution in [0.15, 0.2) is 54.6 Å². The molecule has 1 amide bonds. The molecule has 0 radical (unpaired) electrons. The number of rotatable bonds is 7. The molecular weight excluding hydrogens is 364 g/mol. The van der Waals surface area contributed by atoms with Crippen molar-refractivity contribution in [2.45, 2.75) is 31.8 Å². The number of benzene rings is 2. The van der Waals surface area contributed by atoms with Crippen molar-refractivity contribution in [3.05, 3.63) is 65.7 Å². The molecule has 8 heteroatoms. The first-order valence-electron chi connectivity index (χ1n) is 8.49. The van der Waals surface area contributed by atoms with E-state index in [1.165, 1.54) is 19.1 Å². The Morgan fingerprint density at radius 1 is 0.893 bits per heavy atom. The first-order chi connectivity index (χ1) is 13.2. The summed E-state index contributed by atoms with van der Waals surface area (Å²) in [5, 5.41) is 28.7. The van der Waals surface area contributed by atoms with E-state index >= 15 is 0 Å². The van der Waals surface area contributed by atoms with Crippen LogP contribution in [0.4, 0.5) is 0 Å². The van der Waals surface area contributed by atoms with Gasteiger partial charge in [-0.1, -0.05) is 42.5 Å². The molecule has 2 aromatic carbocycles. The number of carboxylic acids is 2. The molecule has 0 aliphatic heterocycles. The number of hydrogen-bond donors (Lipinski definition) is 5. The van der Waals surface area contributed by atoms with Gasteiger partial charge in [0.25, 0.3) is 0 Å². The molecule has 6 N–H and O–H groups in total. The molecule has 2 rings (SSSR count). The molecule has 0 saturated carbocycles. The van der Waals surface area contributed by atoms with E-state index < -0.39 is 24.0 Å². The topological polar surface area (TPSA) is 150 Å². The van der Waals surface area contributed by atoms with E-state index in [1.807, 2.05) is 30.3 Å². The number of carbonyl (C=O) groups is 3. The van der Waals surface area contributed by atoms with Crippen molar-refractivity contribution < 1.29 is 29.7 Å². The third-order valence-corrected chi connectivity index (χ3v) is 3.67. The van der Waals surface area contributed by atoms with E-state index in [1.54, 1.807) is 12.1 Å². The monoisotopic (exact) mass is 388 g/mol. The molecule has 0 aliphatic carbocycles. The minimum Gasteiger partial charge on any atom is -0.508 e. The van der Waals surface area contributed by atoms with E-state index in [0.29, 0.717) is 6.42 Å². The van der Waals surface area contributed by atoms with Gasteiger partial charge in [0.15, 0.2) is 0 Å². The van der Waals surface area contributed by atoms with Crippen molar-refractivity contribution in [2.75, 3.05) is 0 Å². The summed E-state index contributed by atoms with van der Waals surface area (Å²) in [5.74, 6) is -2.21. The Morgan fingerprint density at radius 3 is 1.89 bits per heavy atom. The SMILES string of the molecule is CC(=O)N[C@H](Cc1ccccc1)C(=O)O.N[C@@H](Cc1ccc(O)cc1)C(=O)O. The van der Waals surface area contributed by atoms with Crippen LogP contribution in [0.1, 0.15) is 18.1 Å². The lowest BCUT2D eigenvalue weighted by molar-refractivity contribution is -0.141. The largest absolute Gasteiger partial charge is 0.508 e. The van der Waals surface area contributed by atoms with E-state index in [4.69, 9.17) is 21.1 Å². The van der Waals surface area contributed by atoms with Crippen LogP contribution in [0.2, 0.25) is 0 Å². The molecular formula is C20H24N2O6. The fourth-order valence-corrected chi connectivity index (χ4v) is 2.27. The van der Waals surface area contributed by atoms with Gasteiger partial charge in [-0.2, -0.15) is 0 Å². The van der Waals surface area contributed by atoms with Crippen LogP contribution in [-0.4, -0.2) is 45.2 Å². The predicted molar refractivity (Wildman–Crippen MR) is 103 cm³/mol. The maximum Gasteiger partial charge on any atom is 0.326 e. The highest BCUT2D eigenvalue weighted by Gasteiger charge is 2.18. The van der Waals surface area contributed by atoms with Gasteiger partial charge in [0.2, 0.25) is 5.91 Å². The standard InChI is InChI=1S/C11H13NO3.C9H11NO3/c1-8(13)12-10(11(14)15)7-9-5-3-2-4-6-9;10-8(9(12)13)5-6-1-3-7(11)4-2-6/h2-6,10H,7H2,1H3,(H,12,13)(H,14,15);1-4,8,11H,5,10H2,(H,12,13)/t10-;8-/m10/s1. The van der Waals surface area contributed by atoms with Crippen LogP contribution in [-0.2, 0) is 27.2 Å². The molecule has 28 heavy (non-hydrogen) atoms. The van der Waals surface area contributed by atoms with Gasteiger partial charge in [-0.25, -0.2) is 4.79 Å². The van der Waals surface area contributed by atoms with Crippen molar-refractivity contribution in [3.8, 4) is 5.75 Å². The van der Waals surface area contributed by atoms with E-state index in [-0.39, 0.29) is 18.1 Å². The van der Waals surface area contributed by atoms with Gasteiger partial charge in [0, 0.05) is 13.3 Å². The number of hydrogen-bond acceptors (Lipinski definition) is 5. The number of phenolic OH excluding ortho intramolecular Hbond substituents is 1. The van der Waals surface area contributed by atoms with E-state index in [9.17, 15) is 14.4 Å². The number of carboxylic acid groups (broad SMARTS) is 2. The van der Waals surface area contributed by atoms with E-state index in [2.05, 4.69) is 5.32 Å². The molecule has 0 heterocycles. The molecule has 0 saturated heterocycles. The zero-order chi connectivity index (χ0) is 21.1. The van der Waals surface area contributed by atoms with Crippen molar-refractivity contribution in [1.82, 2.24) is 5.32 Å². The molecule has 8 nitrogen and oxygen atoms in total. The number of phenols is 1. The zero-order valence-corrected chi connectivity index (χ0v) is 15.4. The highest BCUT2D eigenvalue weighted by molar-refractivity contribution is 5.82. The lowest BCUT2D eigenvalue weighted by Crippen LogP contribution is -2.41. The first kappa shape index (κ1) is 22.7. The van der Waals surface area contributed by atoms with Crippen LogP contribution in [0, 0.1) is 0 Å². The third-order valence-electron chi connectivity index (χ3n) is 3.67. The van der Waals surface area contributed by atoms with Crippen LogP contribution in [0.3, 0.4) is 0 Å². The number of aromatic hydroxyl groups is 1. The summed E-state index contributed by atoms with van der Waals surface area (Å²) in [4.78, 5) is 32.0. The van der Waals surface area contributed by atoms with Crippen LogP contribution in [0.25, 0.3) is 0 Å². The van der Waals surface area contributed by atoms with Crippen LogP contribution >= 0.6 is 0 Å². The molecule has 0 aromatic heterocycles. The van der Waals surface area contributed by atoms with Gasteiger partial charge < -0.3 is 26.4 Å². The molecule has 0 aliphatic rings. The normalized spacial score (nSPS) is 12.1. The molecule has 2 atom stereocenters. The fourth-order valence-electron chi connectivity index (χ4n) is 2.27. The Bertz CT molecular complexity index is 777. The highest BCUT2D eigenvalue weighted by Crippen LogP contribution is 2.10. The van der Waals surface area contributed by atoms with Gasteiger partial charge in [0.05, 0.1) is 0 Å². The number of aliphatic carboxylic acids is 2. The Morgan fingerprint density at radius 2 is 1.43 bits per heavy atom. The molecule has 0 spiro atoms. The summed E-state index contributed by atoms with van der Waals surface area (Å²) in [6.45, 7) is 1.31. The van der Waals surface area contributed by atoms with Gasteiger partial charge >= 0.3 is 11.9 Å². The Labute approximate surface area is 162 Å². The number of carbonyl (C=O) groups excluding carboxylic acids is 1. The number of nitrogens with one attached hydrogen (secondary N) is 1. The molecule has 0 unspecified atom stereocenters. The van der Waals surface area contributed by atoms with Crippen LogP contribution < -0.4 is 11.1 Å². The van der Waals surface area contributed by atoms with Gasteiger partial charge in [0.1, 0.15) is 17.8 Å². The van der Waals surface area contributed by atoms with Crippen LogP contribution in [0.5, 0.6) is 5.75 Å². The second kappa shape index (κ2) is 11.3. The number of amides is 1. The minimum atomic E-state index is -1.02. The second-order valence-corrected chi connectivity index (χ2v) is 6.10. The fraction of sp³-hybridized carbons (Fsp3) is 0.250. The summed E-state index contributed by atoms with van der Waals surface area (Å²) < 4.78 is 0. The van der Waals surface area contributed by atoms with Crippen molar-refractivity contribution in [2.24, 2.45) is 5.73 Å². The Balaban J connectivity index is 0.000000283. The summed E-state index contributed by atoms with van der Waals surface area (Å²) in [6, 6.07) is 13.8. The van der Waals surface area contributed by atoms with Crippen molar-refractivity contribution >= 4 is 17.8 Å². The van der Waals surface area contributed by atoms with Gasteiger partial charge in [-0.05, 0) is 29.7 Å². The zero-order valence-electron chi connectivity index (χ0n) is 15.4. The maximum atomic E-state index is 10.8. The lowest BCUT2D eigenvalue weighted by atomic mass is 10.1. The molecule has 2 aromatic rings. The Hall–Kier alpha value is -3.39. The van der Waals surface area contributed by atoms with Crippen molar-refractivity contribution in [1.29, 1.82) is 0 Å². The average molecular weight is 388 g/mol. The third kappa shape index (κ3) is 8.81. The summed E-state index contributed by atoms with van der Waals surface area (Å²) in [7, 11) is 0. The van der Waals surface area contributed by atoms with E-state index in [0.717, 1.165) is 11.1 Å². The van der Waals surface area contributed by atoms with Crippen molar-refractivity contribution in [3.63, 3.8) is 0 Å².